The Hall–Kier alpha value is -3.51. The molecule has 1 aromatic carbocycles. The maximum atomic E-state index is 13.1. The molecule has 0 aliphatic carbocycles. The summed E-state index contributed by atoms with van der Waals surface area (Å²) in [4.78, 5) is 22.4. The molecular formula is C27H29F2N5O2. The molecule has 2 aliphatic heterocycles. The van der Waals surface area contributed by atoms with E-state index >= 15 is 0 Å². The van der Waals surface area contributed by atoms with Gasteiger partial charge in [0.1, 0.15) is 29.6 Å². The summed E-state index contributed by atoms with van der Waals surface area (Å²) in [5.41, 5.74) is 3.02. The zero-order valence-corrected chi connectivity index (χ0v) is 20.6. The third-order valence-electron chi connectivity index (χ3n) is 7.57. The number of benzene rings is 1. The number of hydrogen-bond acceptors (Lipinski definition) is 6. The van der Waals surface area contributed by atoms with Gasteiger partial charge < -0.3 is 14.2 Å². The quantitative estimate of drug-likeness (QED) is 0.519. The highest BCUT2D eigenvalue weighted by molar-refractivity contribution is 5.93. The van der Waals surface area contributed by atoms with Crippen LogP contribution in [0.4, 0.5) is 14.5 Å². The molecule has 7 nitrogen and oxygen atoms in total. The van der Waals surface area contributed by atoms with E-state index in [1.54, 1.807) is 19.2 Å². The third kappa shape index (κ3) is 3.90. The summed E-state index contributed by atoms with van der Waals surface area (Å²) in [5.74, 6) is 0.279. The topological polar surface area (TPSA) is 74.4 Å². The highest BCUT2D eigenvalue weighted by Gasteiger charge is 2.42. The van der Waals surface area contributed by atoms with E-state index in [0.717, 1.165) is 18.4 Å². The minimum absolute atomic E-state index is 0.0162. The van der Waals surface area contributed by atoms with E-state index in [9.17, 15) is 18.8 Å². The second-order valence-corrected chi connectivity index (χ2v) is 9.49. The smallest absolute Gasteiger partial charge is 0.295 e. The maximum absolute atomic E-state index is 13.1. The Morgan fingerprint density at radius 1 is 1.14 bits per heavy atom. The number of halogens is 2. The van der Waals surface area contributed by atoms with E-state index in [-0.39, 0.29) is 40.7 Å². The lowest BCUT2D eigenvalue weighted by Gasteiger charge is -2.51. The molecule has 0 N–H and O–H groups in total. The van der Waals surface area contributed by atoms with E-state index in [0.29, 0.717) is 36.4 Å². The highest BCUT2D eigenvalue weighted by atomic mass is 19.3. The molecule has 9 heteroatoms. The largest absolute Gasteiger partial charge is 0.484 e. The van der Waals surface area contributed by atoms with Crippen LogP contribution in [0.5, 0.6) is 5.75 Å². The number of fused-ring (bicyclic) bond motifs is 5. The number of pyridine rings is 2. The Bertz CT molecular complexity index is 1380. The van der Waals surface area contributed by atoms with Crippen LogP contribution in [0.1, 0.15) is 56.0 Å². The van der Waals surface area contributed by atoms with Crippen LogP contribution in [-0.4, -0.2) is 46.2 Å². The van der Waals surface area contributed by atoms with Gasteiger partial charge in [-0.1, -0.05) is 38.1 Å². The standard InChI is InChI=1S/C27H29F2N5O2/c1-4-19-13-34-20(14-33(19)21(5-2)16-6-8-17(9-7-16)26(28)29)15-36-25-24(34)23-22(32(3)27(25)35)11-10-18(12-30)31-23/h6-11,19-21,26H,4-5,13-15H2,1-3H3/t19-,20+,21-/m1/s1. The Balaban J connectivity index is 1.54. The maximum Gasteiger partial charge on any atom is 0.295 e. The normalized spacial score (nSPS) is 20.5. The molecule has 0 spiro atoms. The Morgan fingerprint density at radius 2 is 1.86 bits per heavy atom. The van der Waals surface area contributed by atoms with E-state index in [1.807, 2.05) is 12.1 Å². The van der Waals surface area contributed by atoms with Gasteiger partial charge in [0, 0.05) is 37.8 Å². The number of aromatic nitrogens is 2. The van der Waals surface area contributed by atoms with Crippen molar-refractivity contribution in [1.82, 2.24) is 14.5 Å². The molecule has 36 heavy (non-hydrogen) atoms. The summed E-state index contributed by atoms with van der Waals surface area (Å²) in [7, 11) is 1.69. The van der Waals surface area contributed by atoms with Gasteiger partial charge >= 0.3 is 0 Å². The van der Waals surface area contributed by atoms with Crippen molar-refractivity contribution in [2.75, 3.05) is 24.6 Å². The average molecular weight is 494 g/mol. The van der Waals surface area contributed by atoms with Gasteiger partial charge in [-0.15, -0.1) is 0 Å². The fourth-order valence-corrected chi connectivity index (χ4v) is 5.66. The molecule has 188 valence electrons. The fraction of sp³-hybridized carbons (Fsp3) is 0.444. The molecule has 0 amide bonds. The third-order valence-corrected chi connectivity index (χ3v) is 7.57. The minimum atomic E-state index is -2.48. The van der Waals surface area contributed by atoms with Crippen molar-refractivity contribution < 1.29 is 13.5 Å². The van der Waals surface area contributed by atoms with Crippen LogP contribution in [0, 0.1) is 11.3 Å². The molecule has 0 radical (unpaired) electrons. The van der Waals surface area contributed by atoms with E-state index in [1.165, 1.54) is 16.7 Å². The van der Waals surface area contributed by atoms with Gasteiger partial charge in [0.2, 0.25) is 5.75 Å². The molecule has 3 aromatic rings. The lowest BCUT2D eigenvalue weighted by Crippen LogP contribution is -2.62. The van der Waals surface area contributed by atoms with Crippen LogP contribution in [0.3, 0.4) is 0 Å². The van der Waals surface area contributed by atoms with Crippen molar-refractivity contribution in [3.63, 3.8) is 0 Å². The predicted octanol–water partition coefficient (Wildman–Crippen LogP) is 4.56. The summed E-state index contributed by atoms with van der Waals surface area (Å²) in [6.07, 6.45) is -0.765. The lowest BCUT2D eigenvalue weighted by atomic mass is 9.94. The summed E-state index contributed by atoms with van der Waals surface area (Å²) >= 11 is 0. The summed E-state index contributed by atoms with van der Waals surface area (Å²) in [5, 5.41) is 9.44. The van der Waals surface area contributed by atoms with Crippen LogP contribution in [0.25, 0.3) is 11.0 Å². The molecule has 2 aliphatic rings. The number of piperazine rings is 1. The SMILES string of the molecule is CC[C@@H]1CN2c3c(c(=O)n(C)c4ccc(C#N)nc34)OC[C@@H]2CN1[C@H](CC)c1ccc(C(F)F)cc1. The molecule has 1 fully saturated rings. The van der Waals surface area contributed by atoms with E-state index < -0.39 is 6.43 Å². The van der Waals surface area contributed by atoms with Crippen LogP contribution in [-0.2, 0) is 7.05 Å². The molecule has 0 bridgehead atoms. The average Bonchev–Trinajstić information content (AvgIpc) is 2.91. The van der Waals surface area contributed by atoms with Crippen molar-refractivity contribution >= 4 is 16.7 Å². The number of rotatable bonds is 5. The molecule has 5 rings (SSSR count). The van der Waals surface area contributed by atoms with Crippen molar-refractivity contribution in [1.29, 1.82) is 5.26 Å². The molecule has 0 unspecified atom stereocenters. The number of aryl methyl sites for hydroxylation is 1. The van der Waals surface area contributed by atoms with Crippen molar-refractivity contribution in [3.8, 4) is 11.8 Å². The van der Waals surface area contributed by atoms with Crippen molar-refractivity contribution in [2.45, 2.75) is 51.2 Å². The van der Waals surface area contributed by atoms with Gasteiger partial charge in [-0.05, 0) is 30.5 Å². The summed E-state index contributed by atoms with van der Waals surface area (Å²) < 4.78 is 33.8. The van der Waals surface area contributed by atoms with E-state index in [2.05, 4.69) is 34.7 Å². The molecule has 2 aromatic heterocycles. The van der Waals surface area contributed by atoms with Crippen LogP contribution < -0.4 is 15.2 Å². The zero-order valence-electron chi connectivity index (χ0n) is 20.6. The Morgan fingerprint density at radius 3 is 2.50 bits per heavy atom. The number of nitrogens with zero attached hydrogens (tertiary/aromatic N) is 5. The van der Waals surface area contributed by atoms with Gasteiger partial charge in [-0.3, -0.25) is 9.69 Å². The van der Waals surface area contributed by atoms with E-state index in [4.69, 9.17) is 4.74 Å². The van der Waals surface area contributed by atoms with Crippen LogP contribution in [0.2, 0.25) is 0 Å². The van der Waals surface area contributed by atoms with Gasteiger partial charge in [-0.2, -0.15) is 5.26 Å². The second kappa shape index (κ2) is 9.51. The molecule has 1 saturated heterocycles. The summed E-state index contributed by atoms with van der Waals surface area (Å²) in [6, 6.07) is 12.4. The first-order valence-corrected chi connectivity index (χ1v) is 12.3. The number of anilines is 1. The summed E-state index contributed by atoms with van der Waals surface area (Å²) in [6.45, 7) is 5.98. The predicted molar refractivity (Wildman–Crippen MR) is 134 cm³/mol. The van der Waals surface area contributed by atoms with Crippen LogP contribution in [0.15, 0.2) is 41.2 Å². The first-order chi connectivity index (χ1) is 17.4. The number of hydrogen-bond donors (Lipinski definition) is 0. The molecular weight excluding hydrogens is 464 g/mol. The number of alkyl halides is 2. The van der Waals surface area contributed by atoms with Gasteiger partial charge in [-0.25, -0.2) is 13.8 Å². The van der Waals surface area contributed by atoms with Gasteiger partial charge in [0.05, 0.1) is 11.6 Å². The van der Waals surface area contributed by atoms with Gasteiger partial charge in [0.15, 0.2) is 0 Å². The Labute approximate surface area is 208 Å². The first kappa shape index (κ1) is 24.2. The lowest BCUT2D eigenvalue weighted by molar-refractivity contribution is 0.0719. The Kier molecular flexibility index (Phi) is 6.39. The molecule has 0 saturated carbocycles. The first-order valence-electron chi connectivity index (χ1n) is 12.3. The molecule has 4 heterocycles. The molecule has 3 atom stereocenters. The van der Waals surface area contributed by atoms with Gasteiger partial charge in [0.25, 0.3) is 12.0 Å². The zero-order chi connectivity index (χ0) is 25.6. The second-order valence-electron chi connectivity index (χ2n) is 9.49. The fourth-order valence-electron chi connectivity index (χ4n) is 5.66. The number of ether oxygens (including phenoxy) is 1. The monoisotopic (exact) mass is 493 g/mol. The number of nitriles is 1. The van der Waals surface area contributed by atoms with Crippen molar-refractivity contribution in [3.05, 3.63) is 63.6 Å². The highest BCUT2D eigenvalue weighted by Crippen LogP contribution is 2.41. The van der Waals surface area contributed by atoms with Crippen molar-refractivity contribution in [2.24, 2.45) is 7.05 Å². The van der Waals surface area contributed by atoms with Crippen LogP contribution >= 0.6 is 0 Å². The minimum Gasteiger partial charge on any atom is -0.484 e.